The standard InChI is InChI=1S/C16H24N2O3Si/c1-15(2,3)22(4,5)21-11-16(12-9-7-6-8-10-12)13(19)17-14(20)18-16/h6-10H,11H2,1-5H3,(H2,17,18,19,20)/t16-/m1/s1. The molecule has 0 spiro atoms. The summed E-state index contributed by atoms with van der Waals surface area (Å²) >= 11 is 0. The van der Waals surface area contributed by atoms with Crippen molar-refractivity contribution in [1.29, 1.82) is 0 Å². The van der Waals surface area contributed by atoms with E-state index in [9.17, 15) is 9.59 Å². The predicted molar refractivity (Wildman–Crippen MR) is 87.9 cm³/mol. The van der Waals surface area contributed by atoms with Crippen LogP contribution in [0.5, 0.6) is 0 Å². The SMILES string of the molecule is CC(C)(C)[Si](C)(C)OC[C@]1(c2ccccc2)NC(=O)NC1=O. The second-order valence-electron chi connectivity index (χ2n) is 7.23. The first kappa shape index (κ1) is 16.7. The number of carbonyl (C=O) groups is 2. The first-order valence-corrected chi connectivity index (χ1v) is 10.3. The van der Waals surface area contributed by atoms with Gasteiger partial charge >= 0.3 is 6.03 Å². The van der Waals surface area contributed by atoms with E-state index in [1.54, 1.807) is 0 Å². The highest BCUT2D eigenvalue weighted by Gasteiger charge is 2.50. The van der Waals surface area contributed by atoms with E-state index in [0.717, 1.165) is 5.56 Å². The van der Waals surface area contributed by atoms with Crippen molar-refractivity contribution in [2.75, 3.05) is 6.61 Å². The average Bonchev–Trinajstić information content (AvgIpc) is 2.72. The summed E-state index contributed by atoms with van der Waals surface area (Å²) in [5.74, 6) is -0.359. The number of nitrogens with one attached hydrogen (secondary N) is 2. The Bertz CT molecular complexity index is 581. The van der Waals surface area contributed by atoms with Gasteiger partial charge in [-0.05, 0) is 23.7 Å². The van der Waals surface area contributed by atoms with E-state index in [1.165, 1.54) is 0 Å². The van der Waals surface area contributed by atoms with Crippen LogP contribution in [0.2, 0.25) is 18.1 Å². The molecule has 5 nitrogen and oxygen atoms in total. The van der Waals surface area contributed by atoms with Gasteiger partial charge in [0.25, 0.3) is 5.91 Å². The van der Waals surface area contributed by atoms with Crippen molar-refractivity contribution >= 4 is 20.3 Å². The Morgan fingerprint density at radius 3 is 2.18 bits per heavy atom. The van der Waals surface area contributed by atoms with E-state index < -0.39 is 19.9 Å². The molecule has 0 bridgehead atoms. The number of benzene rings is 1. The molecular formula is C16H24N2O3Si. The molecule has 1 aromatic carbocycles. The Kier molecular flexibility index (Phi) is 4.19. The lowest BCUT2D eigenvalue weighted by molar-refractivity contribution is -0.125. The lowest BCUT2D eigenvalue weighted by Crippen LogP contribution is -2.52. The van der Waals surface area contributed by atoms with Gasteiger partial charge in [0.2, 0.25) is 0 Å². The largest absolute Gasteiger partial charge is 0.414 e. The Balaban J connectivity index is 2.32. The van der Waals surface area contributed by atoms with Crippen molar-refractivity contribution < 1.29 is 14.0 Å². The minimum Gasteiger partial charge on any atom is -0.414 e. The van der Waals surface area contributed by atoms with Gasteiger partial charge in [-0.3, -0.25) is 10.1 Å². The summed E-state index contributed by atoms with van der Waals surface area (Å²) < 4.78 is 6.22. The van der Waals surface area contributed by atoms with Gasteiger partial charge in [0.1, 0.15) is 0 Å². The van der Waals surface area contributed by atoms with E-state index >= 15 is 0 Å². The van der Waals surface area contributed by atoms with Gasteiger partial charge in [-0.1, -0.05) is 51.1 Å². The smallest absolute Gasteiger partial charge is 0.322 e. The van der Waals surface area contributed by atoms with Crippen LogP contribution in [0, 0.1) is 0 Å². The highest BCUT2D eigenvalue weighted by molar-refractivity contribution is 6.74. The molecule has 22 heavy (non-hydrogen) atoms. The van der Waals surface area contributed by atoms with Crippen molar-refractivity contribution in [2.45, 2.75) is 44.4 Å². The van der Waals surface area contributed by atoms with Crippen LogP contribution >= 0.6 is 0 Å². The Morgan fingerprint density at radius 2 is 1.73 bits per heavy atom. The Hall–Kier alpha value is -1.66. The molecule has 6 heteroatoms. The highest BCUT2D eigenvalue weighted by atomic mass is 28.4. The topological polar surface area (TPSA) is 67.4 Å². The molecule has 0 aliphatic carbocycles. The maximum atomic E-state index is 12.4. The molecule has 1 fully saturated rings. The first-order valence-electron chi connectivity index (χ1n) is 7.42. The molecule has 3 amide bonds. The van der Waals surface area contributed by atoms with Gasteiger partial charge in [0, 0.05) is 0 Å². The summed E-state index contributed by atoms with van der Waals surface area (Å²) in [7, 11) is -2.04. The summed E-state index contributed by atoms with van der Waals surface area (Å²) in [6.07, 6.45) is 0. The molecule has 1 atom stereocenters. The quantitative estimate of drug-likeness (QED) is 0.662. The number of hydrogen-bond acceptors (Lipinski definition) is 3. The molecule has 0 unspecified atom stereocenters. The summed E-state index contributed by atoms with van der Waals surface area (Å²) in [5, 5.41) is 5.11. The Morgan fingerprint density at radius 1 is 1.14 bits per heavy atom. The monoisotopic (exact) mass is 320 g/mol. The van der Waals surface area contributed by atoms with Gasteiger partial charge in [-0.25, -0.2) is 4.79 Å². The molecule has 1 saturated heterocycles. The van der Waals surface area contributed by atoms with Crippen LogP contribution < -0.4 is 10.6 Å². The second kappa shape index (κ2) is 5.51. The zero-order valence-electron chi connectivity index (χ0n) is 13.8. The fourth-order valence-corrected chi connectivity index (χ4v) is 3.12. The zero-order chi connectivity index (χ0) is 16.6. The third kappa shape index (κ3) is 2.93. The molecular weight excluding hydrogens is 296 g/mol. The van der Waals surface area contributed by atoms with E-state index in [1.807, 2.05) is 30.3 Å². The summed E-state index contributed by atoms with van der Waals surface area (Å²) in [5.41, 5.74) is -0.412. The number of urea groups is 1. The van der Waals surface area contributed by atoms with Crippen LogP contribution in [-0.2, 0) is 14.8 Å². The summed E-state index contributed by atoms with van der Waals surface area (Å²) in [6.45, 7) is 10.8. The van der Waals surface area contributed by atoms with E-state index in [4.69, 9.17) is 4.43 Å². The maximum absolute atomic E-state index is 12.4. The number of imide groups is 1. The van der Waals surface area contributed by atoms with Gasteiger partial charge in [0.05, 0.1) is 6.61 Å². The third-order valence-electron chi connectivity index (χ3n) is 4.66. The van der Waals surface area contributed by atoms with E-state index in [-0.39, 0.29) is 17.6 Å². The number of hydrogen-bond donors (Lipinski definition) is 2. The second-order valence-corrected chi connectivity index (χ2v) is 12.0. The molecule has 0 radical (unpaired) electrons. The van der Waals surface area contributed by atoms with Crippen molar-refractivity contribution in [3.05, 3.63) is 35.9 Å². The van der Waals surface area contributed by atoms with Crippen LogP contribution in [0.3, 0.4) is 0 Å². The van der Waals surface area contributed by atoms with Gasteiger partial charge in [-0.15, -0.1) is 0 Å². The molecule has 1 aliphatic heterocycles. The molecule has 2 rings (SSSR count). The zero-order valence-corrected chi connectivity index (χ0v) is 14.8. The predicted octanol–water partition coefficient (Wildman–Crippen LogP) is 2.74. The fraction of sp³-hybridized carbons (Fsp3) is 0.500. The van der Waals surface area contributed by atoms with Crippen molar-refractivity contribution in [3.63, 3.8) is 0 Å². The third-order valence-corrected chi connectivity index (χ3v) is 9.14. The Labute approximate surface area is 132 Å². The normalized spacial score (nSPS) is 22.4. The van der Waals surface area contributed by atoms with E-state index in [2.05, 4.69) is 44.5 Å². The first-order chi connectivity index (χ1) is 10.1. The van der Waals surface area contributed by atoms with Gasteiger partial charge < -0.3 is 9.74 Å². The van der Waals surface area contributed by atoms with Gasteiger partial charge in [-0.2, -0.15) is 0 Å². The number of carbonyl (C=O) groups excluding carboxylic acids is 2. The lowest BCUT2D eigenvalue weighted by atomic mass is 9.91. The van der Waals surface area contributed by atoms with Crippen molar-refractivity contribution in [2.24, 2.45) is 0 Å². The molecule has 2 N–H and O–H groups in total. The molecule has 0 aromatic heterocycles. The van der Waals surface area contributed by atoms with Crippen LogP contribution in [0.1, 0.15) is 26.3 Å². The average molecular weight is 320 g/mol. The van der Waals surface area contributed by atoms with Crippen LogP contribution in [-0.4, -0.2) is 26.9 Å². The highest BCUT2D eigenvalue weighted by Crippen LogP contribution is 2.38. The lowest BCUT2D eigenvalue weighted by Gasteiger charge is -2.39. The maximum Gasteiger partial charge on any atom is 0.322 e. The van der Waals surface area contributed by atoms with Crippen LogP contribution in [0.4, 0.5) is 4.79 Å². The number of amides is 3. The van der Waals surface area contributed by atoms with Gasteiger partial charge in [0.15, 0.2) is 13.9 Å². The molecule has 1 aliphatic rings. The van der Waals surface area contributed by atoms with Crippen LogP contribution in [0.15, 0.2) is 30.3 Å². The van der Waals surface area contributed by atoms with Crippen molar-refractivity contribution in [1.82, 2.24) is 10.6 Å². The minimum atomic E-state index is -2.04. The fourth-order valence-electron chi connectivity index (χ4n) is 2.11. The molecule has 120 valence electrons. The van der Waals surface area contributed by atoms with E-state index in [0.29, 0.717) is 0 Å². The molecule has 0 saturated carbocycles. The minimum absolute atomic E-state index is 0.0317. The van der Waals surface area contributed by atoms with Crippen molar-refractivity contribution in [3.8, 4) is 0 Å². The molecule has 1 aromatic rings. The number of rotatable bonds is 4. The summed E-state index contributed by atoms with van der Waals surface area (Å²) in [6, 6.07) is 8.76. The van der Waals surface area contributed by atoms with Crippen LogP contribution in [0.25, 0.3) is 0 Å². The summed E-state index contributed by atoms with van der Waals surface area (Å²) in [4.78, 5) is 24.1. The molecule has 1 heterocycles.